The first kappa shape index (κ1) is 17.4. The number of aryl methyl sites for hydroxylation is 1. The average molecular weight is 380 g/mol. The van der Waals surface area contributed by atoms with Crippen molar-refractivity contribution < 1.29 is 9.32 Å². The summed E-state index contributed by atoms with van der Waals surface area (Å²) in [6.45, 7) is 2.59. The Bertz CT molecular complexity index is 1100. The smallest absolute Gasteiger partial charge is 0.273 e. The van der Waals surface area contributed by atoms with Crippen molar-refractivity contribution in [1.82, 2.24) is 15.5 Å². The van der Waals surface area contributed by atoms with Gasteiger partial charge in [0, 0.05) is 40.3 Å². The summed E-state index contributed by atoms with van der Waals surface area (Å²) >= 11 is 5.89. The number of rotatable bonds is 5. The molecular weight excluding hydrogens is 362 g/mol. The lowest BCUT2D eigenvalue weighted by Gasteiger charge is -2.02. The molecule has 0 aliphatic heterocycles. The minimum atomic E-state index is -0.255. The minimum absolute atomic E-state index is 0.255. The first-order valence-electron chi connectivity index (χ1n) is 8.67. The summed E-state index contributed by atoms with van der Waals surface area (Å²) in [7, 11) is 0. The number of nitrogens with zero attached hydrogens (tertiary/aromatic N) is 1. The fourth-order valence-electron chi connectivity index (χ4n) is 3.03. The number of aromatic nitrogens is 2. The topological polar surface area (TPSA) is 70.9 Å². The molecule has 5 nitrogen and oxygen atoms in total. The second-order valence-electron chi connectivity index (χ2n) is 6.45. The number of halogens is 1. The molecule has 0 aliphatic rings. The number of carbonyl (C=O) groups excluding carboxylic acids is 1. The number of carbonyl (C=O) groups is 1. The molecule has 0 bridgehead atoms. The second-order valence-corrected chi connectivity index (χ2v) is 6.89. The minimum Gasteiger partial charge on any atom is -0.361 e. The van der Waals surface area contributed by atoms with Crippen molar-refractivity contribution in [3.05, 3.63) is 76.6 Å². The predicted octanol–water partition coefficient (Wildman–Crippen LogP) is 4.76. The normalized spacial score (nSPS) is 11.0. The van der Waals surface area contributed by atoms with Gasteiger partial charge in [0.05, 0.1) is 0 Å². The Kier molecular flexibility index (Phi) is 4.69. The lowest BCUT2D eigenvalue weighted by Crippen LogP contribution is -2.25. The summed E-state index contributed by atoms with van der Waals surface area (Å²) < 4.78 is 5.28. The van der Waals surface area contributed by atoms with E-state index in [1.165, 1.54) is 16.5 Å². The SMILES string of the molecule is Cc1ccc2[nH]cc(CCNC(=O)c3cc(-c4ccc(Cl)cc4)on3)c2c1. The van der Waals surface area contributed by atoms with Crippen LogP contribution in [0.1, 0.15) is 21.6 Å². The molecule has 6 heteroatoms. The van der Waals surface area contributed by atoms with Crippen molar-refractivity contribution in [3.8, 4) is 11.3 Å². The van der Waals surface area contributed by atoms with Gasteiger partial charge >= 0.3 is 0 Å². The molecule has 27 heavy (non-hydrogen) atoms. The van der Waals surface area contributed by atoms with Crippen LogP contribution < -0.4 is 5.32 Å². The van der Waals surface area contributed by atoms with E-state index in [-0.39, 0.29) is 11.6 Å². The van der Waals surface area contributed by atoms with Gasteiger partial charge in [0.1, 0.15) is 0 Å². The van der Waals surface area contributed by atoms with Crippen LogP contribution in [-0.2, 0) is 6.42 Å². The molecule has 2 N–H and O–H groups in total. The van der Waals surface area contributed by atoms with Crippen LogP contribution in [0.4, 0.5) is 0 Å². The molecule has 0 saturated heterocycles. The van der Waals surface area contributed by atoms with Crippen molar-refractivity contribution in [2.75, 3.05) is 6.54 Å². The van der Waals surface area contributed by atoms with Gasteiger partial charge in [-0.15, -0.1) is 0 Å². The monoisotopic (exact) mass is 379 g/mol. The first-order valence-corrected chi connectivity index (χ1v) is 9.05. The van der Waals surface area contributed by atoms with Crippen LogP contribution in [0, 0.1) is 6.92 Å². The van der Waals surface area contributed by atoms with E-state index >= 15 is 0 Å². The Morgan fingerprint density at radius 2 is 2.00 bits per heavy atom. The lowest BCUT2D eigenvalue weighted by molar-refractivity contribution is 0.0945. The van der Waals surface area contributed by atoms with E-state index in [1.807, 2.05) is 18.3 Å². The number of H-pyrrole nitrogens is 1. The van der Waals surface area contributed by atoms with Gasteiger partial charge in [0.15, 0.2) is 11.5 Å². The van der Waals surface area contributed by atoms with Gasteiger partial charge in [0.2, 0.25) is 0 Å². The van der Waals surface area contributed by atoms with Gasteiger partial charge < -0.3 is 14.8 Å². The van der Waals surface area contributed by atoms with E-state index in [1.54, 1.807) is 18.2 Å². The summed E-state index contributed by atoms with van der Waals surface area (Å²) in [5.41, 5.74) is 4.57. The maximum atomic E-state index is 12.3. The molecule has 0 unspecified atom stereocenters. The number of aromatic amines is 1. The number of benzene rings is 2. The number of hydrogen-bond donors (Lipinski definition) is 2. The molecule has 0 atom stereocenters. The molecule has 0 radical (unpaired) electrons. The van der Waals surface area contributed by atoms with E-state index in [9.17, 15) is 4.79 Å². The largest absolute Gasteiger partial charge is 0.361 e. The van der Waals surface area contributed by atoms with E-state index in [0.29, 0.717) is 17.3 Å². The molecule has 2 aromatic heterocycles. The molecule has 0 fully saturated rings. The van der Waals surface area contributed by atoms with E-state index < -0.39 is 0 Å². The molecule has 2 heterocycles. The van der Waals surface area contributed by atoms with Gasteiger partial charge in [-0.3, -0.25) is 4.79 Å². The van der Waals surface area contributed by atoms with Crippen molar-refractivity contribution >= 4 is 28.4 Å². The summed E-state index contributed by atoms with van der Waals surface area (Å²) in [6.07, 6.45) is 2.72. The highest BCUT2D eigenvalue weighted by Crippen LogP contribution is 2.22. The summed E-state index contributed by atoms with van der Waals surface area (Å²) in [6, 6.07) is 15.1. The Balaban J connectivity index is 1.39. The van der Waals surface area contributed by atoms with Gasteiger partial charge in [-0.1, -0.05) is 28.4 Å². The Labute approximate surface area is 161 Å². The highest BCUT2D eigenvalue weighted by Gasteiger charge is 2.13. The second kappa shape index (κ2) is 7.29. The molecule has 136 valence electrons. The molecule has 4 aromatic rings. The maximum absolute atomic E-state index is 12.3. The van der Waals surface area contributed by atoms with Crippen LogP contribution in [0.2, 0.25) is 5.02 Å². The van der Waals surface area contributed by atoms with Gasteiger partial charge in [-0.05, 0) is 55.3 Å². The maximum Gasteiger partial charge on any atom is 0.273 e. The molecule has 0 spiro atoms. The fourth-order valence-corrected chi connectivity index (χ4v) is 3.16. The fraction of sp³-hybridized carbons (Fsp3) is 0.143. The van der Waals surface area contributed by atoms with Crippen molar-refractivity contribution in [2.45, 2.75) is 13.3 Å². The Hall–Kier alpha value is -3.05. The predicted molar refractivity (Wildman–Crippen MR) is 106 cm³/mol. The van der Waals surface area contributed by atoms with Crippen LogP contribution in [-0.4, -0.2) is 22.6 Å². The highest BCUT2D eigenvalue weighted by molar-refractivity contribution is 6.30. The number of fused-ring (bicyclic) bond motifs is 1. The third-order valence-corrected chi connectivity index (χ3v) is 4.73. The quantitative estimate of drug-likeness (QED) is 0.525. The van der Waals surface area contributed by atoms with E-state index in [2.05, 4.69) is 40.6 Å². The highest BCUT2D eigenvalue weighted by atomic mass is 35.5. The summed E-state index contributed by atoms with van der Waals surface area (Å²) in [4.78, 5) is 15.6. The third-order valence-electron chi connectivity index (χ3n) is 4.47. The first-order chi connectivity index (χ1) is 13.1. The molecule has 2 aromatic carbocycles. The molecule has 0 aliphatic carbocycles. The van der Waals surface area contributed by atoms with Gasteiger partial charge in [0.25, 0.3) is 5.91 Å². The average Bonchev–Trinajstić information content (AvgIpc) is 3.30. The molecule has 0 saturated carbocycles. The number of nitrogens with one attached hydrogen (secondary N) is 2. The van der Waals surface area contributed by atoms with Crippen LogP contribution in [0.25, 0.3) is 22.2 Å². The van der Waals surface area contributed by atoms with Crippen molar-refractivity contribution in [2.24, 2.45) is 0 Å². The van der Waals surface area contributed by atoms with E-state index in [4.69, 9.17) is 16.1 Å². The number of amides is 1. The van der Waals surface area contributed by atoms with Crippen molar-refractivity contribution in [3.63, 3.8) is 0 Å². The van der Waals surface area contributed by atoms with Crippen LogP contribution in [0.5, 0.6) is 0 Å². The Morgan fingerprint density at radius 1 is 1.19 bits per heavy atom. The summed E-state index contributed by atoms with van der Waals surface area (Å²) in [5.74, 6) is 0.277. The number of hydrogen-bond acceptors (Lipinski definition) is 3. The van der Waals surface area contributed by atoms with Crippen LogP contribution in [0.3, 0.4) is 0 Å². The van der Waals surface area contributed by atoms with Crippen molar-refractivity contribution in [1.29, 1.82) is 0 Å². The van der Waals surface area contributed by atoms with Gasteiger partial charge in [-0.2, -0.15) is 0 Å². The molecule has 1 amide bonds. The van der Waals surface area contributed by atoms with Crippen LogP contribution >= 0.6 is 11.6 Å². The zero-order chi connectivity index (χ0) is 18.8. The zero-order valence-electron chi connectivity index (χ0n) is 14.8. The Morgan fingerprint density at radius 3 is 2.81 bits per heavy atom. The zero-order valence-corrected chi connectivity index (χ0v) is 15.5. The molecule has 4 rings (SSSR count). The summed E-state index contributed by atoms with van der Waals surface area (Å²) in [5, 5.41) is 8.59. The third kappa shape index (κ3) is 3.73. The standard InChI is InChI=1S/C21H18ClN3O2/c1-13-2-7-18-17(10-13)15(12-24-18)8-9-23-21(26)19-11-20(27-25-19)14-3-5-16(22)6-4-14/h2-7,10-12,24H,8-9H2,1H3,(H,23,26). The molecular formula is C21H18ClN3O2. The van der Waals surface area contributed by atoms with Crippen LogP contribution in [0.15, 0.2) is 59.3 Å². The lowest BCUT2D eigenvalue weighted by atomic mass is 10.1. The van der Waals surface area contributed by atoms with Gasteiger partial charge in [-0.25, -0.2) is 0 Å². The van der Waals surface area contributed by atoms with E-state index in [0.717, 1.165) is 17.5 Å².